The number of methoxy groups -OCH3 is 9. The average Bonchev–Trinajstić information content (AvgIpc) is 0.896. The highest BCUT2D eigenvalue weighted by atomic mass is 16.6. The summed E-state index contributed by atoms with van der Waals surface area (Å²) in [5.41, 5.74) is 21.4. The van der Waals surface area contributed by atoms with Crippen molar-refractivity contribution in [2.24, 2.45) is 28.9 Å². The molecular formula is C87H163N15O26. The summed E-state index contributed by atoms with van der Waals surface area (Å²) in [6, 6.07) is 0. The molecule has 0 rings (SSSR count). The number of amides is 6. The van der Waals surface area contributed by atoms with Crippen LogP contribution in [0.1, 0.15) is 189 Å². The maximum Gasteiger partial charge on any atom is 0.407 e. The van der Waals surface area contributed by atoms with Crippen molar-refractivity contribution in [3.05, 3.63) is 12.7 Å². The number of hydrogen-bond acceptors (Lipinski definition) is 35. The minimum atomic E-state index is -0.641. The van der Waals surface area contributed by atoms with Crippen molar-refractivity contribution >= 4 is 89.5 Å². The van der Waals surface area contributed by atoms with Crippen molar-refractivity contribution in [1.29, 1.82) is 0 Å². The second-order valence-corrected chi connectivity index (χ2v) is 32.1. The van der Waals surface area contributed by atoms with Crippen LogP contribution in [0.5, 0.6) is 0 Å². The van der Waals surface area contributed by atoms with Gasteiger partial charge in [-0.3, -0.25) is 57.5 Å². The number of carbonyl (C=O) groups excluding carboxylic acids is 15. The van der Waals surface area contributed by atoms with Crippen LogP contribution in [0.3, 0.4) is 0 Å². The van der Waals surface area contributed by atoms with Crippen LogP contribution in [-0.4, -0.2) is 399 Å². The number of nitrogens with one attached hydrogen (secondary N) is 2. The highest BCUT2D eigenvalue weighted by Gasteiger charge is 2.27. The molecule has 0 heterocycles. The Bertz CT molecular complexity index is 2800. The van der Waals surface area contributed by atoms with Gasteiger partial charge >= 0.3 is 65.9 Å². The van der Waals surface area contributed by atoms with Crippen LogP contribution in [0.15, 0.2) is 12.7 Å². The highest BCUT2D eigenvalue weighted by Crippen LogP contribution is 2.21. The smallest absolute Gasteiger partial charge is 0.407 e. The molecule has 41 nitrogen and oxygen atoms in total. The van der Waals surface area contributed by atoms with Crippen LogP contribution in [-0.2, 0) is 114 Å². The van der Waals surface area contributed by atoms with Gasteiger partial charge in [0.25, 0.3) is 0 Å². The predicted molar refractivity (Wildman–Crippen MR) is 481 cm³/mol. The molecule has 0 spiro atoms. The SMILES string of the molecule is C=CC(=O)OC.CC(C)(C)OC(=O)NCCCCCCN(CCC(=O)N(CCN)CCN)CCC(=O)N(CCN)CCN.COC(=O)CCC(CCC(=O)OC)CCN(CCN(CCC(=O)OC)CCC(=O)OC)C(=O)CCN(CCCCCCNC(=O)OC(C)(C)C)CCC(=O)N(CCN(CCC(=O)OC)CCC(=O)OC)CCN(CCC(=O)OC)CCC(=O)OC. The first-order valence-electron chi connectivity index (χ1n) is 44.6. The van der Waals surface area contributed by atoms with E-state index in [-0.39, 0.29) is 192 Å². The number of ether oxygens (including phenoxy) is 11. The second kappa shape index (κ2) is 77.9. The molecule has 0 aliphatic rings. The van der Waals surface area contributed by atoms with Gasteiger partial charge in [0, 0.05) is 221 Å². The lowest BCUT2D eigenvalue weighted by molar-refractivity contribution is -0.143. The topological polar surface area (TPSA) is 515 Å². The van der Waals surface area contributed by atoms with Crippen molar-refractivity contribution in [3.8, 4) is 0 Å². The fourth-order valence-electron chi connectivity index (χ4n) is 12.6. The number of nitrogens with zero attached hydrogens (tertiary/aromatic N) is 9. The molecule has 742 valence electrons. The van der Waals surface area contributed by atoms with E-state index in [0.29, 0.717) is 130 Å². The molecule has 0 aromatic carbocycles. The van der Waals surface area contributed by atoms with Crippen molar-refractivity contribution in [2.75, 3.05) is 254 Å². The number of alkyl carbamates (subject to hydrolysis) is 2. The van der Waals surface area contributed by atoms with Crippen molar-refractivity contribution in [1.82, 2.24) is 54.7 Å². The lowest BCUT2D eigenvalue weighted by atomic mass is 9.93. The van der Waals surface area contributed by atoms with Crippen molar-refractivity contribution in [2.45, 2.75) is 200 Å². The van der Waals surface area contributed by atoms with Gasteiger partial charge in [0.15, 0.2) is 0 Å². The Morgan fingerprint density at radius 1 is 0.273 bits per heavy atom. The quantitative estimate of drug-likeness (QED) is 0.0221. The highest BCUT2D eigenvalue weighted by molar-refractivity contribution is 5.81. The molecule has 0 saturated carbocycles. The minimum Gasteiger partial charge on any atom is -0.469 e. The lowest BCUT2D eigenvalue weighted by Crippen LogP contribution is -2.45. The van der Waals surface area contributed by atoms with Crippen LogP contribution >= 0.6 is 0 Å². The zero-order valence-electron chi connectivity index (χ0n) is 80.1. The molecular weight excluding hydrogens is 1670 g/mol. The van der Waals surface area contributed by atoms with E-state index in [1.54, 1.807) is 40.4 Å². The van der Waals surface area contributed by atoms with Gasteiger partial charge in [-0.15, -0.1) is 0 Å². The molecule has 0 aromatic heterocycles. The number of nitrogens with two attached hydrogens (primary N) is 4. The maximum atomic E-state index is 14.7. The van der Waals surface area contributed by atoms with Crippen LogP contribution < -0.4 is 33.6 Å². The molecule has 0 unspecified atom stereocenters. The Morgan fingerprint density at radius 2 is 0.500 bits per heavy atom. The minimum absolute atomic E-state index is 0.0176. The number of hydrogen-bond donors (Lipinski definition) is 6. The van der Waals surface area contributed by atoms with Crippen molar-refractivity contribution in [3.63, 3.8) is 0 Å². The standard InChI is InChI=1S/C58H103N7O20.C25H54N8O4.C4H6O2/c1-58(2,3)85-57(76)59-29-14-12-13-15-30-60(31-21-47(66)64(39-20-46(16-18-49(68)77-4)17-19-50(69)78-5)43-40-61(33-23-51(70)79-6)34-24-52(71)80-7)32-22-48(67)65(44-41-62(35-25-53(72)81-8)36-26-54(73)82-9)45-42-63(37-27-55(74)83-10)38-28-56(75)84-11;1-25(2,3)37-24(36)30-14-6-4-5-7-15-31(16-8-22(34)32(18-10-26)19-11-27)17-9-23(35)33(20-12-28)21-13-29;1-3-4(5)6-2/h46H,12-45H2,1-11H3,(H,59,76);4-21,26-29H2,1-3H3,(H,30,36);3H,1H2,2H3. The lowest BCUT2D eigenvalue weighted by Gasteiger charge is -2.31. The summed E-state index contributed by atoms with van der Waals surface area (Å²) in [5.74, 6) is -4.52. The molecule has 10 N–H and O–H groups in total. The summed E-state index contributed by atoms with van der Waals surface area (Å²) >= 11 is 0. The Labute approximate surface area is 760 Å². The summed E-state index contributed by atoms with van der Waals surface area (Å²) in [7, 11) is 11.6. The van der Waals surface area contributed by atoms with E-state index in [1.807, 2.05) is 35.5 Å². The zero-order chi connectivity index (χ0) is 97.1. The van der Waals surface area contributed by atoms with E-state index < -0.39 is 77.1 Å². The fourth-order valence-corrected chi connectivity index (χ4v) is 12.6. The van der Waals surface area contributed by atoms with Gasteiger partial charge < -0.3 is 130 Å². The Balaban J connectivity index is -0.00000299. The van der Waals surface area contributed by atoms with Gasteiger partial charge in [-0.05, 0) is 105 Å². The van der Waals surface area contributed by atoms with E-state index >= 15 is 0 Å². The Kier molecular flexibility index (Phi) is 75.0. The molecule has 41 heteroatoms. The second-order valence-electron chi connectivity index (χ2n) is 32.1. The molecule has 0 fully saturated rings. The molecule has 128 heavy (non-hydrogen) atoms. The number of rotatable bonds is 71. The summed E-state index contributed by atoms with van der Waals surface area (Å²) in [4.78, 5) is 203. The fraction of sp³-hybridized carbons (Fsp3) is 0.805. The third-order valence-electron chi connectivity index (χ3n) is 20.1. The Hall–Kier alpha value is -8.97. The summed E-state index contributed by atoms with van der Waals surface area (Å²) < 4.78 is 53.8. The summed E-state index contributed by atoms with van der Waals surface area (Å²) in [6.07, 6.45) is 9.17. The van der Waals surface area contributed by atoms with Gasteiger partial charge in [0.1, 0.15) is 11.2 Å². The van der Waals surface area contributed by atoms with Gasteiger partial charge in [-0.25, -0.2) is 14.4 Å². The molecule has 0 aliphatic heterocycles. The molecule has 0 saturated heterocycles. The van der Waals surface area contributed by atoms with Crippen LogP contribution in [0, 0.1) is 5.92 Å². The van der Waals surface area contributed by atoms with Gasteiger partial charge in [0.05, 0.1) is 103 Å². The van der Waals surface area contributed by atoms with Crippen LogP contribution in [0.2, 0.25) is 0 Å². The van der Waals surface area contributed by atoms with Gasteiger partial charge in [-0.1, -0.05) is 32.3 Å². The van der Waals surface area contributed by atoms with Crippen molar-refractivity contribution < 1.29 is 124 Å². The number of esters is 9. The van der Waals surface area contributed by atoms with Gasteiger partial charge in [0.2, 0.25) is 23.6 Å². The third kappa shape index (κ3) is 70.9. The number of carbonyl (C=O) groups is 15. The zero-order valence-corrected chi connectivity index (χ0v) is 80.1. The average molecular weight is 1840 g/mol. The molecule has 0 atom stereocenters. The normalized spacial score (nSPS) is 11.1. The monoisotopic (exact) mass is 1830 g/mol. The Morgan fingerprint density at radius 3 is 0.727 bits per heavy atom. The van der Waals surface area contributed by atoms with E-state index in [4.69, 9.17) is 70.3 Å². The molecule has 0 aromatic rings. The van der Waals surface area contributed by atoms with Gasteiger partial charge in [-0.2, -0.15) is 0 Å². The van der Waals surface area contributed by atoms with Crippen LogP contribution in [0.25, 0.3) is 0 Å². The van der Waals surface area contributed by atoms with E-state index in [0.717, 1.165) is 51.1 Å². The first-order valence-corrected chi connectivity index (χ1v) is 44.6. The molecule has 0 radical (unpaired) electrons. The first-order chi connectivity index (χ1) is 60.8. The van der Waals surface area contributed by atoms with E-state index in [1.165, 1.54) is 64.0 Å². The summed E-state index contributed by atoms with van der Waals surface area (Å²) in [5, 5.41) is 5.56. The predicted octanol–water partition coefficient (Wildman–Crippen LogP) is 3.00. The summed E-state index contributed by atoms with van der Waals surface area (Å²) in [6.45, 7) is 24.4. The van der Waals surface area contributed by atoms with E-state index in [9.17, 15) is 71.9 Å². The third-order valence-corrected chi connectivity index (χ3v) is 20.1. The molecule has 6 amide bonds. The first kappa shape index (κ1) is 123. The molecule has 0 bridgehead atoms. The van der Waals surface area contributed by atoms with E-state index in [2.05, 4.69) is 31.7 Å². The maximum absolute atomic E-state index is 14.7. The largest absolute Gasteiger partial charge is 0.469 e. The number of unbranched alkanes of at least 4 members (excludes halogenated alkanes) is 6. The van der Waals surface area contributed by atoms with Crippen LogP contribution in [0.4, 0.5) is 9.59 Å². The molecule has 0 aliphatic carbocycles.